The van der Waals surface area contributed by atoms with Crippen LogP contribution in [0.4, 0.5) is 17.1 Å². The van der Waals surface area contributed by atoms with Gasteiger partial charge in [0, 0.05) is 43.0 Å². The molecule has 0 fully saturated rings. The van der Waals surface area contributed by atoms with Crippen LogP contribution in [0.25, 0.3) is 11.1 Å². The van der Waals surface area contributed by atoms with Crippen LogP contribution in [-0.2, 0) is 9.59 Å². The van der Waals surface area contributed by atoms with Crippen LogP contribution in [0, 0.1) is 0 Å². The van der Waals surface area contributed by atoms with Crippen LogP contribution in [0.2, 0.25) is 0 Å². The summed E-state index contributed by atoms with van der Waals surface area (Å²) in [5.41, 5.74) is 5.64. The van der Waals surface area contributed by atoms with E-state index in [0.29, 0.717) is 0 Å². The first-order chi connectivity index (χ1) is 16.4. The molecular weight excluding hydrogens is 430 g/mol. The molecule has 174 valence electrons. The van der Waals surface area contributed by atoms with E-state index in [1.54, 1.807) is 6.92 Å². The van der Waals surface area contributed by atoms with Gasteiger partial charge in [-0.1, -0.05) is 18.2 Å². The summed E-state index contributed by atoms with van der Waals surface area (Å²) in [5, 5.41) is 6.48. The fourth-order valence-corrected chi connectivity index (χ4v) is 4.83. The Morgan fingerprint density at radius 2 is 1.71 bits per heavy atom. The lowest BCUT2D eigenvalue weighted by atomic mass is 9.88. The minimum absolute atomic E-state index is 0.000510. The number of nitrogens with one attached hydrogen (secondary N) is 2. The molecule has 3 aromatic rings. The van der Waals surface area contributed by atoms with Gasteiger partial charge in [0.1, 0.15) is 0 Å². The van der Waals surface area contributed by atoms with Gasteiger partial charge in [0.25, 0.3) is 0 Å². The zero-order valence-corrected chi connectivity index (χ0v) is 19.4. The van der Waals surface area contributed by atoms with Crippen molar-refractivity contribution in [2.45, 2.75) is 39.3 Å². The van der Waals surface area contributed by atoms with Gasteiger partial charge in [0.05, 0.1) is 6.04 Å². The molecule has 7 heteroatoms. The van der Waals surface area contributed by atoms with E-state index in [-0.39, 0.29) is 30.7 Å². The van der Waals surface area contributed by atoms with Crippen LogP contribution in [0.15, 0.2) is 60.7 Å². The quantitative estimate of drug-likeness (QED) is 0.553. The predicted octanol–water partition coefficient (Wildman–Crippen LogP) is 5.34. The number of hydrogen-bond acceptors (Lipinski definition) is 5. The van der Waals surface area contributed by atoms with Crippen LogP contribution in [0.3, 0.4) is 0 Å². The monoisotopic (exact) mass is 457 g/mol. The number of amides is 2. The van der Waals surface area contributed by atoms with Crippen molar-refractivity contribution >= 4 is 28.9 Å². The fourth-order valence-electron chi connectivity index (χ4n) is 4.83. The summed E-state index contributed by atoms with van der Waals surface area (Å²) in [5.74, 6) is 1.38. The van der Waals surface area contributed by atoms with E-state index in [0.717, 1.165) is 51.7 Å². The molecule has 0 bridgehead atoms. The van der Waals surface area contributed by atoms with Crippen LogP contribution in [0.1, 0.15) is 38.8 Å². The molecule has 2 atom stereocenters. The van der Waals surface area contributed by atoms with E-state index in [4.69, 9.17) is 9.47 Å². The number of benzene rings is 3. The molecule has 2 amide bonds. The van der Waals surface area contributed by atoms with E-state index in [9.17, 15) is 9.59 Å². The molecule has 2 aliphatic heterocycles. The fraction of sp³-hybridized carbons (Fsp3) is 0.259. The summed E-state index contributed by atoms with van der Waals surface area (Å²) >= 11 is 0. The highest BCUT2D eigenvalue weighted by Gasteiger charge is 2.33. The van der Waals surface area contributed by atoms with Gasteiger partial charge in [-0.3, -0.25) is 9.59 Å². The number of anilines is 3. The summed E-state index contributed by atoms with van der Waals surface area (Å²) < 4.78 is 11.0. The second kappa shape index (κ2) is 8.74. The number of nitrogens with zero attached hydrogens (tertiary/aromatic N) is 1. The average Bonchev–Trinajstić information content (AvgIpc) is 3.26. The lowest BCUT2D eigenvalue weighted by Gasteiger charge is -2.39. The molecule has 2 heterocycles. The number of carbonyl (C=O) groups excluding carboxylic acids is 2. The molecule has 0 radical (unpaired) electrons. The van der Waals surface area contributed by atoms with Crippen molar-refractivity contribution in [2.75, 3.05) is 22.3 Å². The van der Waals surface area contributed by atoms with E-state index >= 15 is 0 Å². The lowest BCUT2D eigenvalue weighted by Crippen LogP contribution is -2.43. The molecule has 2 unspecified atom stereocenters. The Hall–Kier alpha value is -4.00. The van der Waals surface area contributed by atoms with E-state index in [1.807, 2.05) is 59.5 Å². The van der Waals surface area contributed by atoms with Crippen molar-refractivity contribution in [2.24, 2.45) is 0 Å². The molecule has 7 nitrogen and oxygen atoms in total. The smallest absolute Gasteiger partial charge is 0.231 e. The molecule has 0 aliphatic carbocycles. The van der Waals surface area contributed by atoms with E-state index in [2.05, 4.69) is 23.6 Å². The molecule has 2 aliphatic rings. The maximum absolute atomic E-state index is 12.5. The first kappa shape index (κ1) is 21.8. The van der Waals surface area contributed by atoms with Crippen LogP contribution < -0.4 is 25.0 Å². The number of ether oxygens (including phenoxy) is 2. The maximum atomic E-state index is 12.5. The Morgan fingerprint density at radius 3 is 2.50 bits per heavy atom. The average molecular weight is 458 g/mol. The topological polar surface area (TPSA) is 79.9 Å². The Balaban J connectivity index is 1.53. The minimum Gasteiger partial charge on any atom is -0.454 e. The highest BCUT2D eigenvalue weighted by Crippen LogP contribution is 2.42. The Morgan fingerprint density at radius 1 is 0.912 bits per heavy atom. The largest absolute Gasteiger partial charge is 0.454 e. The molecule has 3 aromatic carbocycles. The van der Waals surface area contributed by atoms with E-state index in [1.165, 1.54) is 6.92 Å². The third kappa shape index (κ3) is 4.17. The third-order valence-electron chi connectivity index (χ3n) is 6.25. The minimum atomic E-state index is -0.110. The van der Waals surface area contributed by atoms with Gasteiger partial charge in [-0.2, -0.15) is 0 Å². The summed E-state index contributed by atoms with van der Waals surface area (Å²) in [4.78, 5) is 25.9. The van der Waals surface area contributed by atoms with Crippen molar-refractivity contribution in [3.05, 3.63) is 66.2 Å². The molecule has 34 heavy (non-hydrogen) atoms. The van der Waals surface area contributed by atoms with Crippen LogP contribution >= 0.6 is 0 Å². The second-order valence-electron chi connectivity index (χ2n) is 8.77. The van der Waals surface area contributed by atoms with Gasteiger partial charge in [0.2, 0.25) is 18.6 Å². The normalized spacial score (nSPS) is 18.3. The summed E-state index contributed by atoms with van der Waals surface area (Å²) in [6.07, 6.45) is 0.760. The van der Waals surface area contributed by atoms with Crippen molar-refractivity contribution in [1.29, 1.82) is 0 Å². The lowest BCUT2D eigenvalue weighted by molar-refractivity contribution is -0.117. The summed E-state index contributed by atoms with van der Waals surface area (Å²) in [6.45, 7) is 5.41. The highest BCUT2D eigenvalue weighted by molar-refractivity contribution is 5.94. The number of fused-ring (bicyclic) bond motifs is 2. The number of carbonyl (C=O) groups is 2. The zero-order valence-electron chi connectivity index (χ0n) is 19.4. The van der Waals surface area contributed by atoms with E-state index < -0.39 is 0 Å². The predicted molar refractivity (Wildman–Crippen MR) is 132 cm³/mol. The van der Waals surface area contributed by atoms with Gasteiger partial charge in [-0.05, 0) is 66.4 Å². The molecule has 0 saturated carbocycles. The maximum Gasteiger partial charge on any atom is 0.231 e. The van der Waals surface area contributed by atoms with Gasteiger partial charge in [0.15, 0.2) is 11.5 Å². The standard InChI is InChI=1S/C27H27N3O4/c1-16-11-24(29-22-8-10-26-27(14-22)34-15-33-26)23-13-20(7-9-25(23)30(16)18(3)32)19-5-4-6-21(12-19)28-17(2)31/h4-10,12-14,16,24,29H,11,15H2,1-3H3,(H,28,31). The molecular formula is C27H27N3O4. The van der Waals surface area contributed by atoms with Gasteiger partial charge in [-0.15, -0.1) is 0 Å². The number of rotatable bonds is 4. The Labute approximate surface area is 198 Å². The second-order valence-corrected chi connectivity index (χ2v) is 8.77. The van der Waals surface area contributed by atoms with Crippen molar-refractivity contribution in [3.8, 4) is 22.6 Å². The molecule has 0 saturated heterocycles. The van der Waals surface area contributed by atoms with Gasteiger partial charge in [-0.25, -0.2) is 0 Å². The van der Waals surface area contributed by atoms with Crippen molar-refractivity contribution in [1.82, 2.24) is 0 Å². The zero-order chi connectivity index (χ0) is 23.8. The van der Waals surface area contributed by atoms with Gasteiger partial charge < -0.3 is 25.0 Å². The third-order valence-corrected chi connectivity index (χ3v) is 6.25. The summed E-state index contributed by atoms with van der Waals surface area (Å²) in [7, 11) is 0. The van der Waals surface area contributed by atoms with Crippen LogP contribution in [0.5, 0.6) is 11.5 Å². The highest BCUT2D eigenvalue weighted by atomic mass is 16.7. The first-order valence-electron chi connectivity index (χ1n) is 11.4. The molecule has 0 spiro atoms. The van der Waals surface area contributed by atoms with Crippen molar-refractivity contribution < 1.29 is 19.1 Å². The number of hydrogen-bond donors (Lipinski definition) is 2. The first-order valence-corrected chi connectivity index (χ1v) is 11.4. The molecule has 2 N–H and O–H groups in total. The molecule has 5 rings (SSSR count). The van der Waals surface area contributed by atoms with Crippen molar-refractivity contribution in [3.63, 3.8) is 0 Å². The Kier molecular flexibility index (Phi) is 5.61. The summed E-state index contributed by atoms with van der Waals surface area (Å²) in [6, 6.07) is 19.8. The Bertz CT molecular complexity index is 1270. The SMILES string of the molecule is CC(=O)Nc1cccc(-c2ccc3c(c2)C(Nc2ccc4c(c2)OCO4)CC(C)N3C(C)=O)c1. The van der Waals surface area contributed by atoms with Gasteiger partial charge >= 0.3 is 0 Å². The van der Waals surface area contributed by atoms with Crippen LogP contribution in [-0.4, -0.2) is 24.6 Å². The molecule has 0 aromatic heterocycles.